The molecule has 0 aliphatic rings. The highest BCUT2D eigenvalue weighted by Gasteiger charge is 2.22. The van der Waals surface area contributed by atoms with Crippen molar-refractivity contribution in [3.63, 3.8) is 0 Å². The summed E-state index contributed by atoms with van der Waals surface area (Å²) < 4.78 is 7.32. The first-order valence-corrected chi connectivity index (χ1v) is 21.8. The molecule has 0 aliphatic carbocycles. The summed E-state index contributed by atoms with van der Waals surface area (Å²) in [5.41, 5.74) is 12.0. The van der Waals surface area contributed by atoms with Crippen molar-refractivity contribution >= 4 is 68.2 Å². The van der Waals surface area contributed by atoms with Gasteiger partial charge in [-0.3, -0.25) is 0 Å². The van der Waals surface area contributed by atoms with E-state index in [0.29, 0.717) is 11.5 Å². The second kappa shape index (κ2) is 19.1. The fraction of sp³-hybridized carbons (Fsp3) is 0. The molecule has 5 heteroatoms. The van der Waals surface area contributed by atoms with Gasteiger partial charge in [-0.1, -0.05) is 146 Å². The molecule has 0 spiro atoms. The third-order valence-electron chi connectivity index (χ3n) is 11.1. The van der Waals surface area contributed by atoms with Crippen LogP contribution in [0, 0.1) is 0 Å². The molecule has 0 saturated carbocycles. The van der Waals surface area contributed by atoms with Gasteiger partial charge >= 0.3 is 0 Å². The molecular weight excluding hydrogens is 793 g/mol. The van der Waals surface area contributed by atoms with Crippen LogP contribution in [0.5, 0.6) is 11.5 Å². The average molecular weight is 839 g/mol. The average Bonchev–Trinajstić information content (AvgIpc) is 3.37. The molecular formula is C60H46N4O. The Bertz CT molecular complexity index is 2480. The number of nitrogens with zero attached hydrogens (tertiary/aromatic N) is 4. The van der Waals surface area contributed by atoms with E-state index in [4.69, 9.17) is 4.74 Å². The number of hydrogen-bond acceptors (Lipinski definition) is 5. The summed E-state index contributed by atoms with van der Waals surface area (Å²) in [5.74, 6) is 1.34. The molecule has 0 saturated heterocycles. The quantitative estimate of drug-likeness (QED) is 0.108. The summed E-state index contributed by atoms with van der Waals surface area (Å²) >= 11 is 0. The smallest absolute Gasteiger partial charge is 0.131 e. The van der Waals surface area contributed by atoms with Crippen LogP contribution in [0.3, 0.4) is 0 Å². The minimum Gasteiger partial charge on any atom is -0.457 e. The van der Waals surface area contributed by atoms with E-state index in [2.05, 4.69) is 299 Å². The van der Waals surface area contributed by atoms with Crippen molar-refractivity contribution in [3.8, 4) is 11.5 Å². The molecule has 10 rings (SSSR count). The molecule has 0 aromatic heterocycles. The third-order valence-corrected chi connectivity index (χ3v) is 11.1. The summed E-state index contributed by atoms with van der Waals surface area (Å²) in [6.45, 7) is 0. The lowest BCUT2D eigenvalue weighted by Gasteiger charge is -2.31. The Kier molecular flexibility index (Phi) is 11.8. The molecule has 0 heterocycles. The largest absolute Gasteiger partial charge is 0.457 e. The molecule has 0 atom stereocenters. The summed E-state index contributed by atoms with van der Waals surface area (Å²) in [7, 11) is 0. The highest BCUT2D eigenvalue weighted by molar-refractivity contribution is 5.86. The maximum atomic E-state index is 7.32. The molecule has 0 fully saturated rings. The topological polar surface area (TPSA) is 22.2 Å². The van der Waals surface area contributed by atoms with Crippen LogP contribution in [0.15, 0.2) is 279 Å². The third kappa shape index (κ3) is 9.08. The summed E-state index contributed by atoms with van der Waals surface area (Å²) in [6, 6.07) is 97.1. The zero-order chi connectivity index (χ0) is 43.6. The van der Waals surface area contributed by atoms with Crippen molar-refractivity contribution in [1.82, 2.24) is 0 Å². The summed E-state index contributed by atoms with van der Waals surface area (Å²) in [4.78, 5) is 9.13. The van der Waals surface area contributed by atoms with Gasteiger partial charge in [-0.2, -0.15) is 0 Å². The lowest BCUT2D eigenvalue weighted by atomic mass is 10.1. The van der Waals surface area contributed by atoms with Gasteiger partial charge in [0.15, 0.2) is 0 Å². The number of hydrogen-bond donors (Lipinski definition) is 0. The van der Waals surface area contributed by atoms with Crippen LogP contribution in [0.2, 0.25) is 0 Å². The van der Waals surface area contributed by atoms with Gasteiger partial charge in [0.1, 0.15) is 11.5 Å². The first-order valence-electron chi connectivity index (χ1n) is 21.8. The molecule has 5 nitrogen and oxygen atoms in total. The van der Waals surface area contributed by atoms with Gasteiger partial charge < -0.3 is 24.3 Å². The van der Waals surface area contributed by atoms with E-state index < -0.39 is 0 Å². The monoisotopic (exact) mass is 838 g/mol. The van der Waals surface area contributed by atoms with Crippen LogP contribution >= 0.6 is 0 Å². The Hall–Kier alpha value is -8.80. The minimum atomic E-state index is 0.672. The number of rotatable bonds is 14. The molecule has 10 aromatic carbocycles. The van der Waals surface area contributed by atoms with E-state index >= 15 is 0 Å². The van der Waals surface area contributed by atoms with E-state index in [0.717, 1.165) is 68.2 Å². The maximum Gasteiger partial charge on any atom is 0.131 e. The van der Waals surface area contributed by atoms with Crippen LogP contribution < -0.4 is 24.3 Å². The first kappa shape index (κ1) is 40.3. The van der Waals surface area contributed by atoms with Gasteiger partial charge in [-0.15, -0.1) is 0 Å². The standard InChI is InChI=1S/C60H46N4O/c1-9-25-47(26-10-1)61(48-27-11-2-12-28-48)55-41-56(62(49-29-13-3-14-30-49)50-31-15-4-16-32-50)44-59(43-55)65-60-45-57(63(51-33-17-5-18-34-51)52-35-19-6-20-36-52)42-58(46-60)64(53-37-21-7-22-38-53)54-39-23-8-24-40-54/h1-46H. The van der Waals surface area contributed by atoms with E-state index in [1.165, 1.54) is 0 Å². The Morgan fingerprint density at radius 2 is 0.323 bits per heavy atom. The Labute approximate surface area is 381 Å². The Balaban J connectivity index is 1.21. The molecule has 0 radical (unpaired) electrons. The first-order chi connectivity index (χ1) is 32.2. The van der Waals surface area contributed by atoms with Crippen molar-refractivity contribution in [2.45, 2.75) is 0 Å². The van der Waals surface area contributed by atoms with E-state index in [1.54, 1.807) is 0 Å². The fourth-order valence-electron chi connectivity index (χ4n) is 8.31. The molecule has 0 unspecified atom stereocenters. The Morgan fingerprint density at radius 1 is 0.169 bits per heavy atom. The fourth-order valence-corrected chi connectivity index (χ4v) is 8.31. The second-order valence-electron chi connectivity index (χ2n) is 15.5. The summed E-state index contributed by atoms with van der Waals surface area (Å²) in [5, 5.41) is 0. The van der Waals surface area contributed by atoms with Crippen molar-refractivity contribution in [3.05, 3.63) is 279 Å². The maximum absolute atomic E-state index is 7.32. The molecule has 65 heavy (non-hydrogen) atoms. The second-order valence-corrected chi connectivity index (χ2v) is 15.5. The highest BCUT2D eigenvalue weighted by Crippen LogP contribution is 2.46. The molecule has 0 N–H and O–H groups in total. The van der Waals surface area contributed by atoms with Gasteiger partial charge in [-0.05, 0) is 109 Å². The van der Waals surface area contributed by atoms with Crippen molar-refractivity contribution in [2.75, 3.05) is 19.6 Å². The molecule has 312 valence electrons. The van der Waals surface area contributed by atoms with Gasteiger partial charge in [0.05, 0.1) is 22.7 Å². The number of ether oxygens (including phenoxy) is 1. The molecule has 0 aliphatic heterocycles. The number of para-hydroxylation sites is 8. The van der Waals surface area contributed by atoms with Gasteiger partial charge in [0, 0.05) is 69.8 Å². The van der Waals surface area contributed by atoms with E-state index in [-0.39, 0.29) is 0 Å². The van der Waals surface area contributed by atoms with Crippen molar-refractivity contribution in [1.29, 1.82) is 0 Å². The lowest BCUT2D eigenvalue weighted by Crippen LogP contribution is -2.14. The minimum absolute atomic E-state index is 0.672. The number of benzene rings is 10. The zero-order valence-electron chi connectivity index (χ0n) is 35.8. The normalized spacial score (nSPS) is 10.8. The van der Waals surface area contributed by atoms with E-state index in [1.807, 2.05) is 0 Å². The van der Waals surface area contributed by atoms with Gasteiger partial charge in [0.25, 0.3) is 0 Å². The van der Waals surface area contributed by atoms with Crippen LogP contribution in [0.1, 0.15) is 0 Å². The van der Waals surface area contributed by atoms with Crippen molar-refractivity contribution < 1.29 is 4.74 Å². The van der Waals surface area contributed by atoms with Crippen molar-refractivity contribution in [2.24, 2.45) is 0 Å². The Morgan fingerprint density at radius 3 is 0.477 bits per heavy atom. The lowest BCUT2D eigenvalue weighted by molar-refractivity contribution is 0.483. The molecule has 10 aromatic rings. The van der Waals surface area contributed by atoms with Gasteiger partial charge in [-0.25, -0.2) is 0 Å². The van der Waals surface area contributed by atoms with Gasteiger partial charge in [0.2, 0.25) is 0 Å². The highest BCUT2D eigenvalue weighted by atomic mass is 16.5. The van der Waals surface area contributed by atoms with E-state index in [9.17, 15) is 0 Å². The van der Waals surface area contributed by atoms with Crippen LogP contribution in [0.4, 0.5) is 68.2 Å². The predicted molar refractivity (Wildman–Crippen MR) is 272 cm³/mol. The summed E-state index contributed by atoms with van der Waals surface area (Å²) in [6.07, 6.45) is 0. The molecule has 0 bridgehead atoms. The zero-order valence-corrected chi connectivity index (χ0v) is 35.8. The van der Waals surface area contributed by atoms with Crippen LogP contribution in [-0.4, -0.2) is 0 Å². The molecule has 0 amide bonds. The van der Waals surface area contributed by atoms with Crippen LogP contribution in [-0.2, 0) is 0 Å². The van der Waals surface area contributed by atoms with Crippen LogP contribution in [0.25, 0.3) is 0 Å². The predicted octanol–water partition coefficient (Wildman–Crippen LogP) is 17.4. The SMILES string of the molecule is c1ccc(N(c2ccccc2)c2cc(Oc3cc(N(c4ccccc4)c4ccccc4)cc(N(c4ccccc4)c4ccccc4)c3)cc(N(c3ccccc3)c3ccccc3)c2)cc1. The number of anilines is 12.